The average Bonchev–Trinajstić information content (AvgIpc) is 2.86. The Labute approximate surface area is 156 Å². The van der Waals surface area contributed by atoms with Crippen molar-refractivity contribution in [3.05, 3.63) is 75.3 Å². The number of imide groups is 1. The number of carbonyl (C=O) groups excluding carboxylic acids is 2. The van der Waals surface area contributed by atoms with E-state index in [0.29, 0.717) is 5.56 Å². The van der Waals surface area contributed by atoms with Crippen molar-refractivity contribution in [1.82, 2.24) is 10.2 Å². The predicted octanol–water partition coefficient (Wildman–Crippen LogP) is 3.58. The number of nitrogens with zero attached hydrogens (tertiary/aromatic N) is 2. The number of non-ortho nitro benzene ring substituents is 1. The third-order valence-corrected chi connectivity index (χ3v) is 4.53. The predicted molar refractivity (Wildman–Crippen MR) is 91.0 cm³/mol. The van der Waals surface area contributed by atoms with Crippen LogP contribution >= 0.6 is 0 Å². The van der Waals surface area contributed by atoms with Gasteiger partial charge in [0, 0.05) is 12.1 Å². The number of halogens is 3. The fourth-order valence-electron chi connectivity index (χ4n) is 2.95. The molecule has 7 nitrogen and oxygen atoms in total. The molecule has 1 aliphatic rings. The van der Waals surface area contributed by atoms with Gasteiger partial charge in [0.1, 0.15) is 5.54 Å². The van der Waals surface area contributed by atoms with Crippen molar-refractivity contribution in [2.75, 3.05) is 0 Å². The minimum absolute atomic E-state index is 0.00637. The number of nitro groups is 1. The third-order valence-electron chi connectivity index (χ3n) is 4.53. The minimum Gasteiger partial charge on any atom is -0.319 e. The van der Waals surface area contributed by atoms with Gasteiger partial charge in [0.15, 0.2) is 0 Å². The smallest absolute Gasteiger partial charge is 0.319 e. The van der Waals surface area contributed by atoms with Crippen LogP contribution in [-0.4, -0.2) is 21.8 Å². The summed E-state index contributed by atoms with van der Waals surface area (Å²) in [6, 6.07) is 8.72. The molecule has 0 bridgehead atoms. The molecule has 1 fully saturated rings. The zero-order valence-electron chi connectivity index (χ0n) is 14.5. The van der Waals surface area contributed by atoms with Gasteiger partial charge in [0.25, 0.3) is 11.6 Å². The second-order valence-electron chi connectivity index (χ2n) is 6.45. The van der Waals surface area contributed by atoms with Gasteiger partial charge in [-0.05, 0) is 30.2 Å². The summed E-state index contributed by atoms with van der Waals surface area (Å²) in [4.78, 5) is 36.1. The summed E-state index contributed by atoms with van der Waals surface area (Å²) in [5, 5.41) is 13.1. The summed E-state index contributed by atoms with van der Waals surface area (Å²) < 4.78 is 38.9. The molecule has 0 aliphatic carbocycles. The molecule has 0 radical (unpaired) electrons. The van der Waals surface area contributed by atoms with Crippen molar-refractivity contribution in [2.24, 2.45) is 0 Å². The first-order valence-electron chi connectivity index (χ1n) is 8.07. The van der Waals surface area contributed by atoms with Gasteiger partial charge in [-0.1, -0.05) is 24.3 Å². The van der Waals surface area contributed by atoms with Crippen LogP contribution in [0.2, 0.25) is 0 Å². The maximum atomic E-state index is 13.0. The second-order valence-corrected chi connectivity index (χ2v) is 6.45. The number of benzene rings is 2. The maximum Gasteiger partial charge on any atom is 0.416 e. The van der Waals surface area contributed by atoms with Crippen molar-refractivity contribution in [1.29, 1.82) is 0 Å². The van der Waals surface area contributed by atoms with Gasteiger partial charge in [-0.2, -0.15) is 13.2 Å². The fourth-order valence-corrected chi connectivity index (χ4v) is 2.95. The highest BCUT2D eigenvalue weighted by Gasteiger charge is 2.49. The van der Waals surface area contributed by atoms with Crippen LogP contribution in [0.25, 0.3) is 0 Å². The van der Waals surface area contributed by atoms with Crippen LogP contribution in [-0.2, 0) is 23.1 Å². The number of urea groups is 1. The summed E-state index contributed by atoms with van der Waals surface area (Å²) in [5.41, 5.74) is -2.26. The molecule has 10 heteroatoms. The maximum absolute atomic E-state index is 13.0. The van der Waals surface area contributed by atoms with Gasteiger partial charge in [0.05, 0.1) is 17.0 Å². The van der Waals surface area contributed by atoms with Crippen LogP contribution in [0, 0.1) is 10.1 Å². The number of hydrogen-bond acceptors (Lipinski definition) is 4. The summed E-state index contributed by atoms with van der Waals surface area (Å²) in [7, 11) is 0. The Balaban J connectivity index is 1.87. The monoisotopic (exact) mass is 393 g/mol. The Bertz CT molecular complexity index is 959. The molecular formula is C18H14F3N3O4. The standard InChI is InChI=1S/C18H14F3N3O4/c1-17(12-3-2-4-13(9-12)18(19,20)21)15(25)23(16(26)22-17)10-11-5-7-14(8-6-11)24(27)28/h2-9H,10H2,1H3,(H,22,26). The Morgan fingerprint density at radius 1 is 1.14 bits per heavy atom. The normalized spacial score (nSPS) is 19.6. The van der Waals surface area contributed by atoms with Crippen LogP contribution in [0.15, 0.2) is 48.5 Å². The topological polar surface area (TPSA) is 92.6 Å². The van der Waals surface area contributed by atoms with Crippen molar-refractivity contribution in [3.8, 4) is 0 Å². The minimum atomic E-state index is -4.59. The van der Waals surface area contributed by atoms with Crippen LogP contribution < -0.4 is 5.32 Å². The van der Waals surface area contributed by atoms with E-state index in [-0.39, 0.29) is 17.8 Å². The highest BCUT2D eigenvalue weighted by Crippen LogP contribution is 2.35. The lowest BCUT2D eigenvalue weighted by atomic mass is 9.90. The van der Waals surface area contributed by atoms with Crippen LogP contribution in [0.4, 0.5) is 23.7 Å². The first-order valence-corrected chi connectivity index (χ1v) is 8.07. The molecule has 1 heterocycles. The van der Waals surface area contributed by atoms with E-state index in [1.54, 1.807) is 0 Å². The van der Waals surface area contributed by atoms with Gasteiger partial charge in [-0.25, -0.2) is 4.79 Å². The van der Waals surface area contributed by atoms with E-state index in [1.165, 1.54) is 43.3 Å². The average molecular weight is 393 g/mol. The quantitative estimate of drug-likeness (QED) is 0.488. The van der Waals surface area contributed by atoms with Crippen molar-refractivity contribution < 1.29 is 27.7 Å². The van der Waals surface area contributed by atoms with E-state index in [4.69, 9.17) is 0 Å². The largest absolute Gasteiger partial charge is 0.416 e. The molecule has 0 aromatic heterocycles. The van der Waals surface area contributed by atoms with Gasteiger partial charge >= 0.3 is 12.2 Å². The van der Waals surface area contributed by atoms with Crippen LogP contribution in [0.5, 0.6) is 0 Å². The number of hydrogen-bond donors (Lipinski definition) is 1. The van der Waals surface area contributed by atoms with Crippen molar-refractivity contribution >= 4 is 17.6 Å². The Kier molecular flexibility index (Phi) is 4.58. The van der Waals surface area contributed by atoms with Crippen LogP contribution in [0.3, 0.4) is 0 Å². The molecule has 3 rings (SSSR count). The molecule has 1 unspecified atom stereocenters. The molecular weight excluding hydrogens is 379 g/mol. The number of amides is 3. The lowest BCUT2D eigenvalue weighted by Crippen LogP contribution is -2.41. The molecule has 0 spiro atoms. The Hall–Kier alpha value is -3.43. The van der Waals surface area contributed by atoms with E-state index in [2.05, 4.69) is 5.32 Å². The van der Waals surface area contributed by atoms with Crippen LogP contribution in [0.1, 0.15) is 23.6 Å². The highest BCUT2D eigenvalue weighted by atomic mass is 19.4. The number of nitrogens with one attached hydrogen (secondary N) is 1. The second kappa shape index (κ2) is 6.63. The number of alkyl halides is 3. The zero-order chi connectivity index (χ0) is 20.7. The van der Waals surface area contributed by atoms with Gasteiger partial charge in [-0.3, -0.25) is 19.8 Å². The van der Waals surface area contributed by atoms with Crippen molar-refractivity contribution in [3.63, 3.8) is 0 Å². The summed E-state index contributed by atoms with van der Waals surface area (Å²) in [5.74, 6) is -0.713. The van der Waals surface area contributed by atoms with E-state index in [0.717, 1.165) is 17.0 Å². The molecule has 1 saturated heterocycles. The molecule has 2 aromatic rings. The van der Waals surface area contributed by atoms with E-state index in [9.17, 15) is 32.9 Å². The Morgan fingerprint density at radius 3 is 2.36 bits per heavy atom. The molecule has 2 aromatic carbocycles. The first kappa shape index (κ1) is 19.3. The van der Waals surface area contributed by atoms with Gasteiger partial charge in [0.2, 0.25) is 0 Å². The zero-order valence-corrected chi connectivity index (χ0v) is 14.5. The molecule has 1 aliphatic heterocycles. The number of carbonyl (C=O) groups is 2. The lowest BCUT2D eigenvalue weighted by Gasteiger charge is -2.23. The first-order chi connectivity index (χ1) is 13.0. The van der Waals surface area contributed by atoms with E-state index >= 15 is 0 Å². The third kappa shape index (κ3) is 3.40. The number of nitro benzene ring substituents is 1. The Morgan fingerprint density at radius 2 is 1.79 bits per heavy atom. The highest BCUT2D eigenvalue weighted by molar-refractivity contribution is 6.07. The lowest BCUT2D eigenvalue weighted by molar-refractivity contribution is -0.384. The van der Waals surface area contributed by atoms with Crippen molar-refractivity contribution in [2.45, 2.75) is 25.2 Å². The van der Waals surface area contributed by atoms with E-state index in [1.807, 2.05) is 0 Å². The summed E-state index contributed by atoms with van der Waals surface area (Å²) in [6.45, 7) is 1.16. The molecule has 146 valence electrons. The van der Waals surface area contributed by atoms with Gasteiger partial charge in [-0.15, -0.1) is 0 Å². The number of rotatable bonds is 4. The molecule has 1 N–H and O–H groups in total. The van der Waals surface area contributed by atoms with Gasteiger partial charge < -0.3 is 5.32 Å². The molecule has 0 saturated carbocycles. The SMILES string of the molecule is CC1(c2cccc(C(F)(F)F)c2)NC(=O)N(Cc2ccc([N+](=O)[O-])cc2)C1=O. The summed E-state index contributed by atoms with van der Waals surface area (Å²) in [6.07, 6.45) is -4.59. The summed E-state index contributed by atoms with van der Waals surface area (Å²) >= 11 is 0. The van der Waals surface area contributed by atoms with E-state index < -0.39 is 34.1 Å². The molecule has 3 amide bonds. The molecule has 1 atom stereocenters. The molecule has 28 heavy (non-hydrogen) atoms. The fraction of sp³-hybridized carbons (Fsp3) is 0.222.